The van der Waals surface area contributed by atoms with Crippen LogP contribution in [0, 0.1) is 56.2 Å². The monoisotopic (exact) mass is 1220 g/mol. The van der Waals surface area contributed by atoms with Crippen molar-refractivity contribution in [1.29, 1.82) is 0 Å². The van der Waals surface area contributed by atoms with Crippen LogP contribution in [0.25, 0.3) is 0 Å². The number of rotatable bonds is 18. The molecule has 5 aliphatic carbocycles. The third-order valence-corrected chi connectivity index (χ3v) is 22.5. The maximum absolute atomic E-state index is 14.1. The SMILES string of the molecule is CCC(C)C(=O)O[C@H]1[C@H](OC(=O)/C=C(/C)CCC=C(C)C)C(C)(C)C[C@H]2C3=CC[C@@H]4[C@@]5(C)CC[C@H](O[C@@H]6O[C@H](C(=O)OC)[C@@H](O[C@H]7O[C@H](CO)[C@@H](O)[C@@H]7O)[C@H](O)[C@H]6O[C@@H]6O[C@H](CO)[C@@H](O)[C@H](O)[C@H]6O)C(C)(C)C5CC[C@@]4(C)[C@]3(C)[C@@H](O)[C@@H](O)[C@]21CO. The Hall–Kier alpha value is -3.05. The molecule has 3 saturated heterocycles. The first-order valence-corrected chi connectivity index (χ1v) is 30.9. The normalized spacial score (nSPS) is 46.5. The summed E-state index contributed by atoms with van der Waals surface area (Å²) in [6, 6.07) is 0. The smallest absolute Gasteiger partial charge is 0.337 e. The second-order valence-electron chi connectivity index (χ2n) is 28.4. The molecule has 0 aromatic carbocycles. The standard InChI is InChI=1S/C63H100O23/c1-14-31(5)53(76)86-52-51(82-39(67)24-30(4)17-15-16-29(2)3)58(6,7)25-33-32-18-19-37-60(10)22-21-38(59(8,9)36(60)20-23-61(37,11)62(32,12)49(74)50(75)63(33,52)28-66)81-57-47(84-56-44(72)42(70)40(68)34(26-64)79-56)45(73)46(48(85-57)54(77)78-13)83-55-43(71)41(69)35(27-65)80-55/h16,18,24,31,33-38,40-52,55-57,64-66,68-75H,14-15,17,19-23,25-28H2,1-13H3/b30-24-/t31?,33-,34+,35+,36?,37+,38-,40+,41+,42-,43-,44+,45-,46-,47+,48-,49-,50+,51-,52-,55+,56-,57+,60-,61+,62-,63-/m0/s1. The lowest BCUT2D eigenvalue weighted by atomic mass is 9.32. The van der Waals surface area contributed by atoms with E-state index >= 15 is 0 Å². The Labute approximate surface area is 504 Å². The summed E-state index contributed by atoms with van der Waals surface area (Å²) in [7, 11) is 1.07. The molecule has 2 unspecified atom stereocenters. The van der Waals surface area contributed by atoms with Crippen LogP contribution in [-0.4, -0.2) is 218 Å². The van der Waals surface area contributed by atoms with Gasteiger partial charge in [0.25, 0.3) is 0 Å². The third kappa shape index (κ3) is 11.6. The second-order valence-corrected chi connectivity index (χ2v) is 28.4. The fraction of sp³-hybridized carbons (Fsp3) is 0.857. The van der Waals surface area contributed by atoms with Crippen LogP contribution in [0.5, 0.6) is 0 Å². The van der Waals surface area contributed by atoms with E-state index in [1.54, 1.807) is 6.92 Å². The first-order valence-electron chi connectivity index (χ1n) is 30.9. The molecule has 4 saturated carbocycles. The molecular formula is C63H100O23. The molecule has 11 N–H and O–H groups in total. The van der Waals surface area contributed by atoms with Crippen LogP contribution in [0.1, 0.15) is 141 Å². The van der Waals surface area contributed by atoms with E-state index in [-0.39, 0.29) is 11.8 Å². The zero-order chi connectivity index (χ0) is 63.7. The molecule has 0 aromatic heterocycles. The van der Waals surface area contributed by atoms with E-state index in [4.69, 9.17) is 42.6 Å². The van der Waals surface area contributed by atoms with Gasteiger partial charge in [-0.3, -0.25) is 4.79 Å². The van der Waals surface area contributed by atoms with Gasteiger partial charge >= 0.3 is 17.9 Å². The van der Waals surface area contributed by atoms with Gasteiger partial charge in [0.1, 0.15) is 67.1 Å². The van der Waals surface area contributed by atoms with Crippen molar-refractivity contribution in [2.45, 2.75) is 257 Å². The van der Waals surface area contributed by atoms with Crippen LogP contribution in [0.3, 0.4) is 0 Å². The van der Waals surface area contributed by atoms with Crippen molar-refractivity contribution >= 4 is 17.9 Å². The summed E-state index contributed by atoms with van der Waals surface area (Å²) in [6.45, 7) is 21.6. The minimum atomic E-state index is -1.99. The minimum absolute atomic E-state index is 0.122. The summed E-state index contributed by atoms with van der Waals surface area (Å²) in [5.74, 6) is -3.75. The van der Waals surface area contributed by atoms with Gasteiger partial charge < -0.3 is 98.8 Å². The zero-order valence-corrected chi connectivity index (χ0v) is 52.3. The van der Waals surface area contributed by atoms with Crippen molar-refractivity contribution in [3.8, 4) is 0 Å². The van der Waals surface area contributed by atoms with Gasteiger partial charge in [0.2, 0.25) is 0 Å². The molecule has 0 bridgehead atoms. The average Bonchev–Trinajstić information content (AvgIpc) is 0.712. The van der Waals surface area contributed by atoms with Crippen LogP contribution >= 0.6 is 0 Å². The van der Waals surface area contributed by atoms with Crippen LogP contribution in [0.4, 0.5) is 0 Å². The van der Waals surface area contributed by atoms with Gasteiger partial charge in [0.05, 0.1) is 56.6 Å². The number of fused-ring (bicyclic) bond motifs is 7. The van der Waals surface area contributed by atoms with Gasteiger partial charge in [-0.1, -0.05) is 91.2 Å². The summed E-state index contributed by atoms with van der Waals surface area (Å²) < 4.78 is 54.8. The molecule has 0 spiro atoms. The largest absolute Gasteiger partial charge is 0.467 e. The van der Waals surface area contributed by atoms with Crippen molar-refractivity contribution in [3.63, 3.8) is 0 Å². The van der Waals surface area contributed by atoms with Gasteiger partial charge in [-0.25, -0.2) is 9.59 Å². The lowest BCUT2D eigenvalue weighted by molar-refractivity contribution is -0.383. The van der Waals surface area contributed by atoms with Gasteiger partial charge in [-0.15, -0.1) is 0 Å². The molecule has 8 aliphatic rings. The number of carbonyl (C=O) groups excluding carboxylic acids is 3. The Kier molecular flexibility index (Phi) is 20.7. The first kappa shape index (κ1) is 68.9. The van der Waals surface area contributed by atoms with Crippen molar-refractivity contribution in [2.24, 2.45) is 56.2 Å². The predicted octanol–water partition coefficient (Wildman–Crippen LogP) is 2.16. The van der Waals surface area contributed by atoms with Crippen LogP contribution < -0.4 is 0 Å². The number of methoxy groups -OCH3 is 1. The van der Waals surface area contributed by atoms with Gasteiger partial charge in [-0.2, -0.15) is 0 Å². The number of carbonyl (C=O) groups is 3. The lowest BCUT2D eigenvalue weighted by Gasteiger charge is -2.73. The topological polar surface area (TPSA) is 357 Å². The predicted molar refractivity (Wildman–Crippen MR) is 304 cm³/mol. The number of esters is 3. The zero-order valence-electron chi connectivity index (χ0n) is 52.3. The summed E-state index contributed by atoms with van der Waals surface area (Å²) in [4.78, 5) is 41.7. The number of aliphatic hydroxyl groups is 11. The molecular weight excluding hydrogens is 1120 g/mol. The molecule has 8 rings (SSSR count). The first-order chi connectivity index (χ1) is 40.2. The van der Waals surface area contributed by atoms with Gasteiger partial charge in [0.15, 0.2) is 31.1 Å². The number of hydrogen-bond acceptors (Lipinski definition) is 23. The fourth-order valence-electron chi connectivity index (χ4n) is 17.1. The van der Waals surface area contributed by atoms with Gasteiger partial charge in [0, 0.05) is 16.9 Å². The third-order valence-electron chi connectivity index (χ3n) is 22.5. The van der Waals surface area contributed by atoms with E-state index in [1.165, 1.54) is 6.08 Å². The molecule has 0 aromatic rings. The van der Waals surface area contributed by atoms with Crippen LogP contribution in [0.2, 0.25) is 0 Å². The quantitative estimate of drug-likeness (QED) is 0.0308. The Morgan fingerprint density at radius 3 is 1.90 bits per heavy atom. The number of allylic oxidation sites excluding steroid dienone is 4. The van der Waals surface area contributed by atoms with Gasteiger partial charge in [-0.05, 0) is 113 Å². The number of aliphatic hydroxyl groups excluding tert-OH is 11. The lowest BCUT2D eigenvalue weighted by Crippen LogP contribution is -2.76. The van der Waals surface area contributed by atoms with E-state index in [0.717, 1.165) is 30.2 Å². The van der Waals surface area contributed by atoms with Crippen LogP contribution in [0.15, 0.2) is 34.9 Å². The molecule has 490 valence electrons. The van der Waals surface area contributed by atoms with Crippen molar-refractivity contribution < 1.29 is 113 Å². The van der Waals surface area contributed by atoms with E-state index < -0.39 is 199 Å². The summed E-state index contributed by atoms with van der Waals surface area (Å²) in [5.41, 5.74) is -2.86. The summed E-state index contributed by atoms with van der Waals surface area (Å²) in [5, 5.41) is 125. The number of hydrogen-bond donors (Lipinski definition) is 11. The van der Waals surface area contributed by atoms with E-state index in [1.807, 2.05) is 48.5 Å². The van der Waals surface area contributed by atoms with Crippen LogP contribution in [-0.2, 0) is 57.0 Å². The van der Waals surface area contributed by atoms with Crippen molar-refractivity contribution in [2.75, 3.05) is 26.9 Å². The molecule has 3 heterocycles. The molecule has 3 aliphatic heterocycles. The van der Waals surface area contributed by atoms with E-state index in [0.29, 0.717) is 51.4 Å². The highest BCUT2D eigenvalue weighted by atomic mass is 16.8. The summed E-state index contributed by atoms with van der Waals surface area (Å²) in [6.07, 6.45) is -20.5. The Balaban J connectivity index is 1.12. The minimum Gasteiger partial charge on any atom is -0.467 e. The molecule has 7 fully saturated rings. The van der Waals surface area contributed by atoms with E-state index in [2.05, 4.69) is 39.8 Å². The Bertz CT molecular complexity index is 2510. The maximum Gasteiger partial charge on any atom is 0.337 e. The molecule has 23 nitrogen and oxygen atoms in total. The highest BCUT2D eigenvalue weighted by Gasteiger charge is 2.76. The Morgan fingerprint density at radius 1 is 0.709 bits per heavy atom. The second kappa shape index (κ2) is 25.9. The van der Waals surface area contributed by atoms with E-state index in [9.17, 15) is 70.6 Å². The van der Waals surface area contributed by atoms with Crippen molar-refractivity contribution in [1.82, 2.24) is 0 Å². The highest BCUT2D eigenvalue weighted by molar-refractivity contribution is 5.83. The highest BCUT2D eigenvalue weighted by Crippen LogP contribution is 2.76. The summed E-state index contributed by atoms with van der Waals surface area (Å²) >= 11 is 0. The molecule has 0 amide bonds. The maximum atomic E-state index is 14.1. The molecule has 0 radical (unpaired) electrons. The van der Waals surface area contributed by atoms with Crippen molar-refractivity contribution in [3.05, 3.63) is 34.9 Å². The molecule has 23 heteroatoms. The Morgan fingerprint density at radius 2 is 1.31 bits per heavy atom. The molecule has 27 atom stereocenters. The molecule has 86 heavy (non-hydrogen) atoms. The average molecular weight is 1230 g/mol. The fourth-order valence-corrected chi connectivity index (χ4v) is 17.1. The number of ether oxygens (including phenoxy) is 9.